The van der Waals surface area contributed by atoms with Crippen LogP contribution < -0.4 is 11.5 Å². The van der Waals surface area contributed by atoms with Crippen LogP contribution in [0, 0.1) is 6.92 Å². The molecule has 1 aromatic heterocycles. The van der Waals surface area contributed by atoms with Crippen LogP contribution in [-0.2, 0) is 5.54 Å². The number of hydrogen-bond donors (Lipinski definition) is 2. The fourth-order valence-electron chi connectivity index (χ4n) is 1.72. The van der Waals surface area contributed by atoms with Gasteiger partial charge in [-0.3, -0.25) is 9.98 Å². The summed E-state index contributed by atoms with van der Waals surface area (Å²) in [5, 5.41) is 0. The molecule has 1 aliphatic rings. The monoisotopic (exact) mass is 202 g/mol. The topological polar surface area (TPSA) is 77.3 Å². The smallest absolute Gasteiger partial charge is 0.125 e. The van der Waals surface area contributed by atoms with Crippen LogP contribution in [0.25, 0.3) is 0 Å². The number of dihydropyridines is 1. The third kappa shape index (κ3) is 1.58. The van der Waals surface area contributed by atoms with Gasteiger partial charge in [0.15, 0.2) is 0 Å². The Kier molecular flexibility index (Phi) is 2.38. The second-order valence-corrected chi connectivity index (χ2v) is 3.70. The quantitative estimate of drug-likeness (QED) is 0.695. The maximum Gasteiger partial charge on any atom is 0.125 e. The lowest BCUT2D eigenvalue weighted by Gasteiger charge is -2.31. The molecule has 4 heteroatoms. The van der Waals surface area contributed by atoms with Gasteiger partial charge in [0.1, 0.15) is 11.7 Å². The van der Waals surface area contributed by atoms with E-state index < -0.39 is 11.7 Å². The Bertz CT molecular complexity index is 424. The van der Waals surface area contributed by atoms with Gasteiger partial charge in [-0.25, -0.2) is 0 Å². The minimum Gasteiger partial charge on any atom is -0.314 e. The maximum atomic E-state index is 6.24. The van der Waals surface area contributed by atoms with E-state index in [1.807, 2.05) is 25.1 Å². The Morgan fingerprint density at radius 3 is 2.93 bits per heavy atom. The molecule has 2 atom stereocenters. The summed E-state index contributed by atoms with van der Waals surface area (Å²) in [4.78, 5) is 8.40. The fraction of sp³-hybridized carbons (Fsp3) is 0.273. The van der Waals surface area contributed by atoms with Crippen molar-refractivity contribution in [1.82, 2.24) is 4.98 Å². The highest BCUT2D eigenvalue weighted by Crippen LogP contribution is 2.26. The van der Waals surface area contributed by atoms with Crippen LogP contribution in [0.5, 0.6) is 0 Å². The first-order valence-corrected chi connectivity index (χ1v) is 4.82. The minimum atomic E-state index is -0.792. The molecule has 0 aromatic carbocycles. The van der Waals surface area contributed by atoms with Crippen molar-refractivity contribution >= 4 is 6.21 Å². The fourth-order valence-corrected chi connectivity index (χ4v) is 1.72. The van der Waals surface area contributed by atoms with Crippen LogP contribution in [0.3, 0.4) is 0 Å². The van der Waals surface area contributed by atoms with Crippen molar-refractivity contribution in [1.29, 1.82) is 0 Å². The normalized spacial score (nSPS) is 29.4. The lowest BCUT2D eigenvalue weighted by molar-refractivity contribution is 0.432. The molecule has 15 heavy (non-hydrogen) atoms. The number of rotatable bonds is 1. The molecule has 0 spiro atoms. The lowest BCUT2D eigenvalue weighted by atomic mass is 9.88. The van der Waals surface area contributed by atoms with Crippen molar-refractivity contribution in [2.45, 2.75) is 18.6 Å². The van der Waals surface area contributed by atoms with Gasteiger partial charge in [-0.1, -0.05) is 12.1 Å². The molecule has 78 valence electrons. The molecule has 1 aromatic rings. The Labute approximate surface area is 88.7 Å². The number of aliphatic imine (C=N–C) groups is 1. The summed E-state index contributed by atoms with van der Waals surface area (Å²) in [6.45, 7) is 1.97. The number of aryl methyl sites for hydroxylation is 1. The zero-order chi connectivity index (χ0) is 10.9. The van der Waals surface area contributed by atoms with Gasteiger partial charge < -0.3 is 11.5 Å². The van der Waals surface area contributed by atoms with Gasteiger partial charge in [0.05, 0.1) is 5.69 Å². The van der Waals surface area contributed by atoms with Crippen molar-refractivity contribution in [3.8, 4) is 0 Å². The summed E-state index contributed by atoms with van der Waals surface area (Å²) in [5.41, 5.74) is 13.2. The van der Waals surface area contributed by atoms with Crippen LogP contribution in [0.2, 0.25) is 0 Å². The molecule has 4 nitrogen and oxygen atoms in total. The number of hydrogen-bond acceptors (Lipinski definition) is 4. The molecule has 4 N–H and O–H groups in total. The zero-order valence-corrected chi connectivity index (χ0v) is 8.59. The van der Waals surface area contributed by atoms with E-state index in [0.29, 0.717) is 0 Å². The number of aromatic nitrogens is 1. The van der Waals surface area contributed by atoms with Crippen molar-refractivity contribution in [3.63, 3.8) is 0 Å². The largest absolute Gasteiger partial charge is 0.314 e. The van der Waals surface area contributed by atoms with E-state index in [0.717, 1.165) is 11.3 Å². The molecule has 0 fully saturated rings. The first-order valence-electron chi connectivity index (χ1n) is 4.82. The maximum absolute atomic E-state index is 6.24. The van der Waals surface area contributed by atoms with Crippen molar-refractivity contribution in [2.75, 3.05) is 0 Å². The Balaban J connectivity index is 2.50. The van der Waals surface area contributed by atoms with E-state index in [9.17, 15) is 0 Å². The number of pyridine rings is 1. The van der Waals surface area contributed by atoms with E-state index in [1.54, 1.807) is 18.5 Å². The first-order chi connectivity index (χ1) is 7.14. The number of nitrogens with two attached hydrogens (primary N) is 2. The summed E-state index contributed by atoms with van der Waals surface area (Å²) in [7, 11) is 0. The SMILES string of the molecule is Cc1cccnc1C1(N)C=CC=NC1N. The van der Waals surface area contributed by atoms with Gasteiger partial charge in [0.2, 0.25) is 0 Å². The van der Waals surface area contributed by atoms with Gasteiger partial charge in [0, 0.05) is 12.4 Å². The third-order valence-electron chi connectivity index (χ3n) is 2.61. The second kappa shape index (κ2) is 3.56. The van der Waals surface area contributed by atoms with Gasteiger partial charge in [0.25, 0.3) is 0 Å². The molecule has 1 aliphatic heterocycles. The second-order valence-electron chi connectivity index (χ2n) is 3.70. The van der Waals surface area contributed by atoms with Gasteiger partial charge in [-0.2, -0.15) is 0 Å². The third-order valence-corrected chi connectivity index (χ3v) is 2.61. The predicted molar refractivity (Wildman–Crippen MR) is 60.4 cm³/mol. The molecule has 0 bridgehead atoms. The summed E-state index contributed by atoms with van der Waals surface area (Å²) in [6, 6.07) is 3.85. The molecule has 0 saturated carbocycles. The first kappa shape index (κ1) is 10.0. The molecule has 0 aliphatic carbocycles. The van der Waals surface area contributed by atoms with Crippen LogP contribution in [0.1, 0.15) is 11.3 Å². The van der Waals surface area contributed by atoms with E-state index >= 15 is 0 Å². The van der Waals surface area contributed by atoms with Gasteiger partial charge in [-0.05, 0) is 24.6 Å². The van der Waals surface area contributed by atoms with Crippen LogP contribution in [0.4, 0.5) is 0 Å². The van der Waals surface area contributed by atoms with Gasteiger partial charge in [-0.15, -0.1) is 0 Å². The Morgan fingerprint density at radius 1 is 1.47 bits per heavy atom. The molecule has 0 radical (unpaired) electrons. The lowest BCUT2D eigenvalue weighted by Crippen LogP contribution is -2.52. The van der Waals surface area contributed by atoms with Crippen LogP contribution in [-0.4, -0.2) is 17.4 Å². The predicted octanol–water partition coefficient (Wildman–Crippen LogP) is 0.469. The average Bonchev–Trinajstić information content (AvgIpc) is 2.23. The van der Waals surface area contributed by atoms with Gasteiger partial charge >= 0.3 is 0 Å². The van der Waals surface area contributed by atoms with Crippen LogP contribution in [0.15, 0.2) is 35.5 Å². The Morgan fingerprint density at radius 2 is 2.27 bits per heavy atom. The molecule has 0 amide bonds. The summed E-state index contributed by atoms with van der Waals surface area (Å²) in [6.07, 6.45) is 6.55. The summed E-state index contributed by atoms with van der Waals surface area (Å²) in [5.74, 6) is 0. The average molecular weight is 202 g/mol. The molecular formula is C11H14N4. The highest BCUT2D eigenvalue weighted by Gasteiger charge is 2.35. The highest BCUT2D eigenvalue weighted by molar-refractivity contribution is 5.73. The van der Waals surface area contributed by atoms with E-state index in [2.05, 4.69) is 9.98 Å². The standard InChI is InChI=1S/C11H14N4/c1-8-4-2-6-14-9(8)11(13)5-3-7-15-10(11)12/h2-7,10H,12-13H2,1H3. The summed E-state index contributed by atoms with van der Waals surface area (Å²) < 4.78 is 0. The van der Waals surface area contributed by atoms with Crippen LogP contribution >= 0.6 is 0 Å². The summed E-state index contributed by atoms with van der Waals surface area (Å²) >= 11 is 0. The van der Waals surface area contributed by atoms with E-state index in [1.165, 1.54) is 0 Å². The minimum absolute atomic E-state index is 0.476. The van der Waals surface area contributed by atoms with E-state index in [4.69, 9.17) is 11.5 Å². The molecule has 0 saturated heterocycles. The zero-order valence-electron chi connectivity index (χ0n) is 8.59. The number of nitrogens with zero attached hydrogens (tertiary/aromatic N) is 2. The van der Waals surface area contributed by atoms with Crippen molar-refractivity contribution < 1.29 is 0 Å². The van der Waals surface area contributed by atoms with Crippen molar-refractivity contribution in [3.05, 3.63) is 41.7 Å². The number of allylic oxidation sites excluding steroid dienone is 1. The molecule has 2 unspecified atom stereocenters. The molecule has 2 heterocycles. The Hall–Kier alpha value is -1.52. The molecular weight excluding hydrogens is 188 g/mol. The molecule has 2 rings (SSSR count). The van der Waals surface area contributed by atoms with E-state index in [-0.39, 0.29) is 0 Å². The highest BCUT2D eigenvalue weighted by atomic mass is 15.0. The van der Waals surface area contributed by atoms with Crippen molar-refractivity contribution in [2.24, 2.45) is 16.5 Å².